The molecule has 0 spiro atoms. The first kappa shape index (κ1) is 13.3. The lowest BCUT2D eigenvalue weighted by Gasteiger charge is -2.05. The second-order valence-corrected chi connectivity index (χ2v) is 4.74. The maximum atomic E-state index is 10.7. The van der Waals surface area contributed by atoms with E-state index in [0.29, 0.717) is 17.3 Å². The SMILES string of the molecule is CC(OC(N)=O)c1nc(-c2ccnc(OC3CC3)c2)no1. The molecule has 8 nitrogen and oxygen atoms in total. The van der Waals surface area contributed by atoms with E-state index >= 15 is 0 Å². The molecule has 21 heavy (non-hydrogen) atoms. The van der Waals surface area contributed by atoms with Crippen molar-refractivity contribution in [1.29, 1.82) is 0 Å². The van der Waals surface area contributed by atoms with Gasteiger partial charge in [0.05, 0.1) is 0 Å². The monoisotopic (exact) mass is 290 g/mol. The average molecular weight is 290 g/mol. The Morgan fingerprint density at radius 1 is 1.52 bits per heavy atom. The van der Waals surface area contributed by atoms with E-state index in [-0.39, 0.29) is 12.0 Å². The second-order valence-electron chi connectivity index (χ2n) is 4.74. The first-order valence-corrected chi connectivity index (χ1v) is 6.54. The highest BCUT2D eigenvalue weighted by Gasteiger charge is 2.24. The Morgan fingerprint density at radius 3 is 3.05 bits per heavy atom. The molecule has 1 fully saturated rings. The van der Waals surface area contributed by atoms with Crippen molar-refractivity contribution in [2.45, 2.75) is 32.0 Å². The van der Waals surface area contributed by atoms with Gasteiger partial charge in [0.25, 0.3) is 5.89 Å². The van der Waals surface area contributed by atoms with Gasteiger partial charge < -0.3 is 19.7 Å². The van der Waals surface area contributed by atoms with Crippen molar-refractivity contribution in [3.05, 3.63) is 24.2 Å². The van der Waals surface area contributed by atoms with Gasteiger partial charge in [-0.05, 0) is 25.8 Å². The molecule has 1 atom stereocenters. The molecule has 0 radical (unpaired) electrons. The van der Waals surface area contributed by atoms with Crippen molar-refractivity contribution < 1.29 is 18.8 Å². The summed E-state index contributed by atoms with van der Waals surface area (Å²) in [7, 11) is 0. The van der Waals surface area contributed by atoms with E-state index in [1.165, 1.54) is 0 Å². The molecule has 1 unspecified atom stereocenters. The van der Waals surface area contributed by atoms with Crippen LogP contribution in [0.25, 0.3) is 11.4 Å². The zero-order valence-corrected chi connectivity index (χ0v) is 11.4. The van der Waals surface area contributed by atoms with E-state index in [1.807, 2.05) is 0 Å². The summed E-state index contributed by atoms with van der Waals surface area (Å²) in [5.74, 6) is 1.07. The smallest absolute Gasteiger partial charge is 0.405 e. The Bertz CT molecular complexity index is 653. The van der Waals surface area contributed by atoms with Crippen LogP contribution in [-0.4, -0.2) is 27.3 Å². The lowest BCUT2D eigenvalue weighted by Crippen LogP contribution is -2.15. The fraction of sp³-hybridized carbons (Fsp3) is 0.385. The van der Waals surface area contributed by atoms with Crippen LogP contribution in [0.15, 0.2) is 22.9 Å². The standard InChI is InChI=1S/C13H14N4O4/c1-7(19-13(14)18)12-16-11(17-21-12)8-4-5-15-10(6-8)20-9-2-3-9/h4-7,9H,2-3H2,1H3,(H2,14,18). The molecule has 0 bridgehead atoms. The molecule has 1 aliphatic rings. The number of rotatable bonds is 5. The molecule has 2 N–H and O–H groups in total. The number of hydrogen-bond donors (Lipinski definition) is 1. The van der Waals surface area contributed by atoms with Crippen LogP contribution in [-0.2, 0) is 4.74 Å². The maximum absolute atomic E-state index is 10.7. The Labute approximate surface area is 120 Å². The Kier molecular flexibility index (Phi) is 3.43. The van der Waals surface area contributed by atoms with E-state index in [4.69, 9.17) is 19.7 Å². The van der Waals surface area contributed by atoms with E-state index in [1.54, 1.807) is 25.3 Å². The molecular weight excluding hydrogens is 276 g/mol. The molecule has 1 saturated carbocycles. The van der Waals surface area contributed by atoms with Gasteiger partial charge in [-0.3, -0.25) is 0 Å². The molecule has 110 valence electrons. The minimum absolute atomic E-state index is 0.172. The van der Waals surface area contributed by atoms with Crippen LogP contribution in [0.2, 0.25) is 0 Å². The summed E-state index contributed by atoms with van der Waals surface area (Å²) < 4.78 is 15.4. The molecule has 0 aliphatic heterocycles. The highest BCUT2D eigenvalue weighted by Crippen LogP contribution is 2.28. The molecule has 1 aliphatic carbocycles. The van der Waals surface area contributed by atoms with E-state index in [9.17, 15) is 4.79 Å². The lowest BCUT2D eigenvalue weighted by atomic mass is 10.2. The second kappa shape index (κ2) is 5.39. The molecule has 3 rings (SSSR count). The van der Waals surface area contributed by atoms with Crippen LogP contribution in [0, 0.1) is 0 Å². The number of ether oxygens (including phenoxy) is 2. The highest BCUT2D eigenvalue weighted by molar-refractivity contribution is 5.64. The molecule has 2 aromatic rings. The minimum Gasteiger partial charge on any atom is -0.474 e. The van der Waals surface area contributed by atoms with Gasteiger partial charge in [0.1, 0.15) is 6.10 Å². The predicted octanol–water partition coefficient (Wildman–Crippen LogP) is 1.83. The predicted molar refractivity (Wildman–Crippen MR) is 70.3 cm³/mol. The van der Waals surface area contributed by atoms with Crippen molar-refractivity contribution in [2.75, 3.05) is 0 Å². The molecule has 2 heterocycles. The number of amides is 1. The molecule has 1 amide bonds. The number of pyridine rings is 1. The number of primary amides is 1. The molecular formula is C13H14N4O4. The van der Waals surface area contributed by atoms with Crippen LogP contribution in [0.5, 0.6) is 5.88 Å². The summed E-state index contributed by atoms with van der Waals surface area (Å²) in [5, 5.41) is 3.85. The number of aromatic nitrogens is 3. The quantitative estimate of drug-likeness (QED) is 0.893. The number of carbonyl (C=O) groups excluding carboxylic acids is 1. The topological polar surface area (TPSA) is 113 Å². The van der Waals surface area contributed by atoms with Gasteiger partial charge >= 0.3 is 6.09 Å². The molecule has 2 aromatic heterocycles. The number of nitrogens with zero attached hydrogens (tertiary/aromatic N) is 3. The minimum atomic E-state index is -0.897. The summed E-state index contributed by atoms with van der Waals surface area (Å²) in [5.41, 5.74) is 5.66. The Hall–Kier alpha value is -2.64. The van der Waals surface area contributed by atoms with Crippen molar-refractivity contribution in [1.82, 2.24) is 15.1 Å². The summed E-state index contributed by atoms with van der Waals surface area (Å²) >= 11 is 0. The zero-order valence-electron chi connectivity index (χ0n) is 11.4. The summed E-state index contributed by atoms with van der Waals surface area (Å²) in [6.07, 6.45) is 2.39. The van der Waals surface area contributed by atoms with Crippen molar-refractivity contribution in [3.63, 3.8) is 0 Å². The first-order valence-electron chi connectivity index (χ1n) is 6.54. The van der Waals surface area contributed by atoms with Crippen LogP contribution < -0.4 is 10.5 Å². The molecule has 0 saturated heterocycles. The normalized spacial score (nSPS) is 15.5. The third-order valence-electron chi connectivity index (χ3n) is 2.89. The highest BCUT2D eigenvalue weighted by atomic mass is 16.6. The lowest BCUT2D eigenvalue weighted by molar-refractivity contribution is 0.0959. The molecule has 0 aromatic carbocycles. The van der Waals surface area contributed by atoms with Gasteiger partial charge in [0.15, 0.2) is 6.10 Å². The van der Waals surface area contributed by atoms with Crippen molar-refractivity contribution >= 4 is 6.09 Å². The van der Waals surface area contributed by atoms with E-state index in [0.717, 1.165) is 12.8 Å². The van der Waals surface area contributed by atoms with Gasteiger partial charge in [0, 0.05) is 17.8 Å². The fourth-order valence-electron chi connectivity index (χ4n) is 1.71. The maximum Gasteiger partial charge on any atom is 0.405 e. The van der Waals surface area contributed by atoms with Gasteiger partial charge in [-0.2, -0.15) is 4.98 Å². The van der Waals surface area contributed by atoms with Crippen LogP contribution in [0.3, 0.4) is 0 Å². The fourth-order valence-corrected chi connectivity index (χ4v) is 1.71. The van der Waals surface area contributed by atoms with Crippen molar-refractivity contribution in [3.8, 4) is 17.3 Å². The number of nitrogens with two attached hydrogens (primary N) is 1. The first-order chi connectivity index (χ1) is 10.1. The zero-order chi connectivity index (χ0) is 14.8. The summed E-state index contributed by atoms with van der Waals surface area (Å²) in [4.78, 5) is 19.0. The van der Waals surface area contributed by atoms with E-state index < -0.39 is 12.2 Å². The summed E-state index contributed by atoms with van der Waals surface area (Å²) in [6, 6.07) is 3.49. The van der Waals surface area contributed by atoms with Gasteiger partial charge in [-0.25, -0.2) is 9.78 Å². The third kappa shape index (κ3) is 3.28. The van der Waals surface area contributed by atoms with Gasteiger partial charge in [-0.15, -0.1) is 0 Å². The van der Waals surface area contributed by atoms with Gasteiger partial charge in [-0.1, -0.05) is 5.16 Å². The number of carbonyl (C=O) groups is 1. The van der Waals surface area contributed by atoms with Crippen LogP contribution in [0.1, 0.15) is 31.8 Å². The van der Waals surface area contributed by atoms with Gasteiger partial charge in [0.2, 0.25) is 11.7 Å². The number of hydrogen-bond acceptors (Lipinski definition) is 7. The Morgan fingerprint density at radius 2 is 2.33 bits per heavy atom. The average Bonchev–Trinajstić information content (AvgIpc) is 3.11. The summed E-state index contributed by atoms with van der Waals surface area (Å²) in [6.45, 7) is 1.59. The molecule has 8 heteroatoms. The third-order valence-corrected chi connectivity index (χ3v) is 2.89. The van der Waals surface area contributed by atoms with E-state index in [2.05, 4.69) is 15.1 Å². The largest absolute Gasteiger partial charge is 0.474 e. The van der Waals surface area contributed by atoms with Crippen molar-refractivity contribution in [2.24, 2.45) is 5.73 Å². The Balaban J connectivity index is 1.77. The van der Waals surface area contributed by atoms with Crippen LogP contribution >= 0.6 is 0 Å². The van der Waals surface area contributed by atoms with Crippen LogP contribution in [0.4, 0.5) is 4.79 Å².